The molecule has 0 bridgehead atoms. The van der Waals surface area contributed by atoms with Crippen LogP contribution in [-0.4, -0.2) is 29.8 Å². The molecule has 0 amide bonds. The maximum Gasteiger partial charge on any atom is 0.297 e. The van der Waals surface area contributed by atoms with E-state index in [1.54, 1.807) is 7.11 Å². The van der Waals surface area contributed by atoms with Crippen LogP contribution in [0, 0.1) is 0 Å². The Balaban J connectivity index is 2.29. The van der Waals surface area contributed by atoms with Gasteiger partial charge in [0, 0.05) is 25.1 Å². The molecule has 1 aliphatic rings. The van der Waals surface area contributed by atoms with Gasteiger partial charge in [-0.25, -0.2) is 0 Å². The van der Waals surface area contributed by atoms with E-state index in [0.29, 0.717) is 19.1 Å². The van der Waals surface area contributed by atoms with Crippen LogP contribution in [0.4, 0.5) is 0 Å². The number of hydrogen-bond acceptors (Lipinski definition) is 4. The van der Waals surface area contributed by atoms with Crippen LogP contribution in [0.3, 0.4) is 0 Å². The summed E-state index contributed by atoms with van der Waals surface area (Å²) in [6, 6.07) is 4.56. The molecule has 1 aromatic carbocycles. The van der Waals surface area contributed by atoms with Crippen molar-refractivity contribution in [3.8, 4) is 11.8 Å². The molecule has 0 unspecified atom stereocenters. The van der Waals surface area contributed by atoms with Crippen molar-refractivity contribution in [2.45, 2.75) is 13.0 Å². The predicted molar refractivity (Wildman–Crippen MR) is 64.5 cm³/mol. The third kappa shape index (κ3) is 1.46. The lowest BCUT2D eigenvalue weighted by Gasteiger charge is -2.07. The molecule has 3 rings (SSSR count). The minimum atomic E-state index is 0.562. The van der Waals surface area contributed by atoms with Crippen molar-refractivity contribution in [1.82, 2.24) is 9.55 Å². The Morgan fingerprint density at radius 2 is 2.41 bits per heavy atom. The smallest absolute Gasteiger partial charge is 0.297 e. The van der Waals surface area contributed by atoms with Crippen LogP contribution in [0.2, 0.25) is 0 Å². The molecule has 1 aliphatic heterocycles. The molecule has 0 saturated carbocycles. The van der Waals surface area contributed by atoms with Crippen molar-refractivity contribution in [3.05, 3.63) is 17.7 Å². The van der Waals surface area contributed by atoms with Gasteiger partial charge in [-0.3, -0.25) is 4.57 Å². The van der Waals surface area contributed by atoms with Crippen molar-refractivity contribution in [2.24, 2.45) is 5.73 Å². The highest BCUT2D eigenvalue weighted by molar-refractivity contribution is 5.83. The van der Waals surface area contributed by atoms with Crippen molar-refractivity contribution < 1.29 is 9.47 Å². The number of hydrogen-bond donors (Lipinski definition) is 1. The minimum Gasteiger partial charge on any atom is -0.493 e. The average molecular weight is 233 g/mol. The van der Waals surface area contributed by atoms with E-state index in [1.807, 2.05) is 16.7 Å². The van der Waals surface area contributed by atoms with Crippen LogP contribution in [0.5, 0.6) is 11.8 Å². The van der Waals surface area contributed by atoms with Gasteiger partial charge >= 0.3 is 0 Å². The van der Waals surface area contributed by atoms with E-state index in [4.69, 9.17) is 15.2 Å². The number of aromatic nitrogens is 2. The Morgan fingerprint density at radius 1 is 1.53 bits per heavy atom. The maximum absolute atomic E-state index is 5.64. The number of imidazole rings is 1. The van der Waals surface area contributed by atoms with Gasteiger partial charge in [0.25, 0.3) is 6.01 Å². The Labute approximate surface area is 99.1 Å². The second-order valence-electron chi connectivity index (χ2n) is 4.05. The molecular weight excluding hydrogens is 218 g/mol. The zero-order chi connectivity index (χ0) is 11.8. The normalized spacial score (nSPS) is 13.8. The minimum absolute atomic E-state index is 0.562. The van der Waals surface area contributed by atoms with Crippen molar-refractivity contribution in [3.63, 3.8) is 0 Å². The van der Waals surface area contributed by atoms with E-state index in [1.165, 1.54) is 5.56 Å². The van der Waals surface area contributed by atoms with Crippen LogP contribution in [0.25, 0.3) is 11.0 Å². The number of benzene rings is 1. The van der Waals surface area contributed by atoms with E-state index in [-0.39, 0.29) is 0 Å². The SMILES string of the molecule is COc1nc2ccc3c(c2n1CCN)CCO3. The molecule has 5 heteroatoms. The molecule has 2 aromatic rings. The lowest BCUT2D eigenvalue weighted by molar-refractivity contribution is 0.357. The van der Waals surface area contributed by atoms with E-state index < -0.39 is 0 Å². The molecule has 0 spiro atoms. The zero-order valence-electron chi connectivity index (χ0n) is 9.77. The molecule has 2 N–H and O–H groups in total. The van der Waals surface area contributed by atoms with E-state index in [2.05, 4.69) is 4.98 Å². The number of fused-ring (bicyclic) bond motifs is 3. The molecule has 0 radical (unpaired) electrons. The fourth-order valence-electron chi connectivity index (χ4n) is 2.39. The average Bonchev–Trinajstić information content (AvgIpc) is 2.92. The fraction of sp³-hybridized carbons (Fsp3) is 0.417. The molecule has 90 valence electrons. The van der Waals surface area contributed by atoms with Gasteiger partial charge in [-0.15, -0.1) is 0 Å². The molecule has 1 aromatic heterocycles. The lowest BCUT2D eigenvalue weighted by Crippen LogP contribution is -2.11. The first kappa shape index (κ1) is 10.4. The van der Waals surface area contributed by atoms with Crippen molar-refractivity contribution in [1.29, 1.82) is 0 Å². The molecule has 17 heavy (non-hydrogen) atoms. The summed E-state index contributed by atoms with van der Waals surface area (Å²) in [5.74, 6) is 0.957. The van der Waals surface area contributed by atoms with Crippen molar-refractivity contribution in [2.75, 3.05) is 20.3 Å². The first-order chi connectivity index (χ1) is 8.35. The van der Waals surface area contributed by atoms with Gasteiger partial charge in [0.1, 0.15) is 5.75 Å². The van der Waals surface area contributed by atoms with Crippen LogP contribution in [-0.2, 0) is 13.0 Å². The first-order valence-electron chi connectivity index (χ1n) is 5.74. The topological polar surface area (TPSA) is 62.3 Å². The maximum atomic E-state index is 5.64. The molecule has 0 atom stereocenters. The largest absolute Gasteiger partial charge is 0.493 e. The highest BCUT2D eigenvalue weighted by Gasteiger charge is 2.21. The molecule has 0 saturated heterocycles. The second kappa shape index (κ2) is 3.92. The summed E-state index contributed by atoms with van der Waals surface area (Å²) in [7, 11) is 1.63. The van der Waals surface area contributed by atoms with Gasteiger partial charge in [-0.1, -0.05) is 0 Å². The van der Waals surface area contributed by atoms with E-state index in [9.17, 15) is 0 Å². The number of nitrogens with two attached hydrogens (primary N) is 1. The summed E-state index contributed by atoms with van der Waals surface area (Å²) in [5, 5.41) is 0. The van der Waals surface area contributed by atoms with Gasteiger partial charge in [0.2, 0.25) is 0 Å². The summed E-state index contributed by atoms with van der Waals surface area (Å²) < 4.78 is 12.9. The van der Waals surface area contributed by atoms with Crippen LogP contribution >= 0.6 is 0 Å². The summed E-state index contributed by atoms with van der Waals surface area (Å²) in [5.41, 5.74) is 8.90. The molecule has 0 fully saturated rings. The summed E-state index contributed by atoms with van der Waals surface area (Å²) in [6.45, 7) is 2.01. The second-order valence-corrected chi connectivity index (χ2v) is 4.05. The molecule has 2 heterocycles. The van der Waals surface area contributed by atoms with Crippen LogP contribution < -0.4 is 15.2 Å². The number of nitrogens with zero attached hydrogens (tertiary/aromatic N) is 2. The highest BCUT2D eigenvalue weighted by Crippen LogP contribution is 2.34. The van der Waals surface area contributed by atoms with E-state index >= 15 is 0 Å². The fourth-order valence-corrected chi connectivity index (χ4v) is 2.39. The Kier molecular flexibility index (Phi) is 2.40. The standard InChI is InChI=1S/C12H15N3O2/c1-16-12-14-9-2-3-10-8(4-7-17-10)11(9)15(12)6-5-13/h2-3H,4-7,13H2,1H3. The third-order valence-electron chi connectivity index (χ3n) is 3.08. The Hall–Kier alpha value is -1.75. The van der Waals surface area contributed by atoms with Gasteiger partial charge in [-0.05, 0) is 12.1 Å². The number of rotatable bonds is 3. The monoisotopic (exact) mass is 233 g/mol. The number of ether oxygens (including phenoxy) is 2. The quantitative estimate of drug-likeness (QED) is 0.857. The van der Waals surface area contributed by atoms with Gasteiger partial charge < -0.3 is 15.2 Å². The summed E-state index contributed by atoms with van der Waals surface area (Å²) in [6.07, 6.45) is 0.923. The van der Waals surface area contributed by atoms with Gasteiger partial charge in [0.15, 0.2) is 0 Å². The first-order valence-corrected chi connectivity index (χ1v) is 5.74. The Bertz CT molecular complexity index is 562. The lowest BCUT2D eigenvalue weighted by atomic mass is 10.1. The van der Waals surface area contributed by atoms with Gasteiger partial charge in [0.05, 0.1) is 24.8 Å². The highest BCUT2D eigenvalue weighted by atomic mass is 16.5. The molecular formula is C12H15N3O2. The number of methoxy groups -OCH3 is 1. The predicted octanol–water partition coefficient (Wildman–Crippen LogP) is 0.939. The van der Waals surface area contributed by atoms with E-state index in [0.717, 1.165) is 29.8 Å². The molecule has 5 nitrogen and oxygen atoms in total. The van der Waals surface area contributed by atoms with Crippen LogP contribution in [0.15, 0.2) is 12.1 Å². The van der Waals surface area contributed by atoms with Gasteiger partial charge in [-0.2, -0.15) is 4.98 Å². The Morgan fingerprint density at radius 3 is 3.18 bits per heavy atom. The third-order valence-corrected chi connectivity index (χ3v) is 3.08. The van der Waals surface area contributed by atoms with Crippen LogP contribution in [0.1, 0.15) is 5.56 Å². The summed E-state index contributed by atoms with van der Waals surface area (Å²) >= 11 is 0. The van der Waals surface area contributed by atoms with Crippen molar-refractivity contribution >= 4 is 11.0 Å². The zero-order valence-corrected chi connectivity index (χ0v) is 9.77. The molecule has 0 aliphatic carbocycles. The summed E-state index contributed by atoms with van der Waals surface area (Å²) in [4.78, 5) is 4.46.